The normalized spacial score (nSPS) is 10.7. The lowest BCUT2D eigenvalue weighted by Gasteiger charge is -2.08. The van der Waals surface area contributed by atoms with Gasteiger partial charge in [0.05, 0.1) is 22.6 Å². The highest BCUT2D eigenvalue weighted by atomic mass is 16.1. The minimum atomic E-state index is 0.575. The van der Waals surface area contributed by atoms with Gasteiger partial charge in [0.1, 0.15) is 6.33 Å². The third-order valence-electron chi connectivity index (χ3n) is 3.16. The van der Waals surface area contributed by atoms with Crippen LogP contribution in [0.5, 0.6) is 0 Å². The zero-order chi connectivity index (χ0) is 14.1. The molecular formula is C15H14N4O. The van der Waals surface area contributed by atoms with Gasteiger partial charge in [0, 0.05) is 6.20 Å². The van der Waals surface area contributed by atoms with Gasteiger partial charge in [0.2, 0.25) is 0 Å². The Labute approximate surface area is 116 Å². The molecule has 0 N–H and O–H groups in total. The Balaban J connectivity index is 2.28. The van der Waals surface area contributed by atoms with Crippen LogP contribution in [-0.2, 0) is 0 Å². The van der Waals surface area contributed by atoms with E-state index in [0.717, 1.165) is 17.7 Å². The monoisotopic (exact) mass is 266 g/mol. The molecule has 0 amide bonds. The van der Waals surface area contributed by atoms with Crippen molar-refractivity contribution >= 4 is 6.29 Å². The number of carbonyl (C=O) groups is 1. The smallest absolute Gasteiger partial charge is 0.155 e. The number of hydrogen-bond acceptors (Lipinski definition) is 3. The van der Waals surface area contributed by atoms with Gasteiger partial charge in [0.15, 0.2) is 12.1 Å². The summed E-state index contributed by atoms with van der Waals surface area (Å²) >= 11 is 0. The molecule has 2 heterocycles. The fraction of sp³-hybridized carbons (Fsp3) is 0.133. The molecule has 3 aromatic rings. The van der Waals surface area contributed by atoms with Crippen LogP contribution in [-0.4, -0.2) is 25.6 Å². The summed E-state index contributed by atoms with van der Waals surface area (Å²) in [5.74, 6) is 0.712. The summed E-state index contributed by atoms with van der Waals surface area (Å²) in [6.07, 6.45) is 4.41. The highest BCUT2D eigenvalue weighted by Crippen LogP contribution is 2.21. The summed E-state index contributed by atoms with van der Waals surface area (Å²) in [6, 6.07) is 9.73. The molecule has 0 saturated heterocycles. The van der Waals surface area contributed by atoms with E-state index in [0.29, 0.717) is 17.1 Å². The maximum absolute atomic E-state index is 11.4. The van der Waals surface area contributed by atoms with Crippen molar-refractivity contribution in [2.75, 3.05) is 0 Å². The fourth-order valence-corrected chi connectivity index (χ4v) is 2.20. The Kier molecular flexibility index (Phi) is 2.95. The van der Waals surface area contributed by atoms with Gasteiger partial charge < -0.3 is 0 Å². The molecule has 0 aliphatic rings. The lowest BCUT2D eigenvalue weighted by Crippen LogP contribution is -2.05. The predicted octanol–water partition coefficient (Wildman–Crippen LogP) is 2.49. The van der Waals surface area contributed by atoms with Crippen molar-refractivity contribution in [1.29, 1.82) is 0 Å². The molecule has 2 aromatic heterocycles. The molecule has 0 aliphatic carbocycles. The Bertz CT molecular complexity index is 756. The number of aromatic nitrogens is 4. The van der Waals surface area contributed by atoms with Crippen LogP contribution in [0.15, 0.2) is 42.9 Å². The molecule has 1 aromatic carbocycles. The second-order valence-corrected chi connectivity index (χ2v) is 4.61. The molecule has 0 aliphatic heterocycles. The standard InChI is InChI=1S/C15H14N4O/c1-11-8-18(10-16-11)15-14(9-20)12(2)17-19(15)13-6-4-3-5-7-13/h3-10H,1-2H3. The summed E-state index contributed by atoms with van der Waals surface area (Å²) in [4.78, 5) is 15.6. The number of aryl methyl sites for hydroxylation is 2. The molecule has 0 fully saturated rings. The summed E-state index contributed by atoms with van der Waals surface area (Å²) in [5, 5.41) is 4.47. The zero-order valence-corrected chi connectivity index (χ0v) is 11.3. The summed E-state index contributed by atoms with van der Waals surface area (Å²) in [6.45, 7) is 3.74. The molecule has 20 heavy (non-hydrogen) atoms. The van der Waals surface area contributed by atoms with Gasteiger partial charge in [-0.15, -0.1) is 0 Å². The van der Waals surface area contributed by atoms with Gasteiger partial charge in [-0.3, -0.25) is 9.36 Å². The van der Waals surface area contributed by atoms with E-state index in [1.54, 1.807) is 11.0 Å². The molecule has 0 saturated carbocycles. The van der Waals surface area contributed by atoms with Crippen LogP contribution in [0.25, 0.3) is 11.5 Å². The number of aldehydes is 1. The highest BCUT2D eigenvalue weighted by molar-refractivity contribution is 5.82. The molecule has 5 nitrogen and oxygen atoms in total. The molecule has 100 valence electrons. The molecule has 0 bridgehead atoms. The van der Waals surface area contributed by atoms with E-state index < -0.39 is 0 Å². The van der Waals surface area contributed by atoms with Gasteiger partial charge in [0.25, 0.3) is 0 Å². The first-order valence-corrected chi connectivity index (χ1v) is 6.32. The predicted molar refractivity (Wildman–Crippen MR) is 75.5 cm³/mol. The summed E-state index contributed by atoms with van der Waals surface area (Å²) < 4.78 is 3.59. The van der Waals surface area contributed by atoms with Crippen LogP contribution >= 0.6 is 0 Å². The van der Waals surface area contributed by atoms with Gasteiger partial charge >= 0.3 is 0 Å². The first-order chi connectivity index (χ1) is 9.70. The van der Waals surface area contributed by atoms with Crippen molar-refractivity contribution in [2.45, 2.75) is 13.8 Å². The highest BCUT2D eigenvalue weighted by Gasteiger charge is 2.17. The molecule has 3 rings (SSSR count). The van der Waals surface area contributed by atoms with Crippen LogP contribution in [0.3, 0.4) is 0 Å². The maximum Gasteiger partial charge on any atom is 0.155 e. The van der Waals surface area contributed by atoms with Gasteiger partial charge in [-0.2, -0.15) is 5.10 Å². The first kappa shape index (κ1) is 12.3. The number of carbonyl (C=O) groups excluding carboxylic acids is 1. The van der Waals surface area contributed by atoms with Crippen molar-refractivity contribution in [3.63, 3.8) is 0 Å². The van der Waals surface area contributed by atoms with Crippen molar-refractivity contribution in [3.05, 3.63) is 59.8 Å². The van der Waals surface area contributed by atoms with Crippen molar-refractivity contribution in [3.8, 4) is 11.5 Å². The number of imidazole rings is 1. The number of rotatable bonds is 3. The summed E-state index contributed by atoms with van der Waals surface area (Å²) in [5.41, 5.74) is 3.07. The Morgan fingerprint density at radius 2 is 1.90 bits per heavy atom. The lowest BCUT2D eigenvalue weighted by molar-refractivity contribution is 0.112. The maximum atomic E-state index is 11.4. The number of benzene rings is 1. The van der Waals surface area contributed by atoms with Crippen LogP contribution in [0.1, 0.15) is 21.7 Å². The minimum absolute atomic E-state index is 0.575. The largest absolute Gasteiger partial charge is 0.298 e. The van der Waals surface area contributed by atoms with Crippen molar-refractivity contribution in [2.24, 2.45) is 0 Å². The van der Waals surface area contributed by atoms with Crippen LogP contribution in [0.2, 0.25) is 0 Å². The molecule has 0 spiro atoms. The molecular weight excluding hydrogens is 252 g/mol. The average Bonchev–Trinajstić information content (AvgIpc) is 3.03. The van der Waals surface area contributed by atoms with Gasteiger partial charge in [-0.05, 0) is 26.0 Å². The third kappa shape index (κ3) is 1.93. The topological polar surface area (TPSA) is 52.7 Å². The lowest BCUT2D eigenvalue weighted by atomic mass is 10.2. The summed E-state index contributed by atoms with van der Waals surface area (Å²) in [7, 11) is 0. The first-order valence-electron chi connectivity index (χ1n) is 6.32. The average molecular weight is 266 g/mol. The second-order valence-electron chi connectivity index (χ2n) is 4.61. The SMILES string of the molecule is Cc1cn(-c2c(C=O)c(C)nn2-c2ccccc2)cn1. The Hall–Kier alpha value is -2.69. The Morgan fingerprint density at radius 3 is 2.50 bits per heavy atom. The van der Waals surface area contributed by atoms with E-state index in [-0.39, 0.29) is 0 Å². The van der Waals surface area contributed by atoms with E-state index in [1.807, 2.05) is 54.9 Å². The zero-order valence-electron chi connectivity index (χ0n) is 11.3. The fourth-order valence-electron chi connectivity index (χ4n) is 2.20. The van der Waals surface area contributed by atoms with Crippen LogP contribution in [0.4, 0.5) is 0 Å². The van der Waals surface area contributed by atoms with Crippen LogP contribution < -0.4 is 0 Å². The van der Waals surface area contributed by atoms with Gasteiger partial charge in [-0.1, -0.05) is 18.2 Å². The molecule has 0 atom stereocenters. The second kappa shape index (κ2) is 4.77. The minimum Gasteiger partial charge on any atom is -0.298 e. The quantitative estimate of drug-likeness (QED) is 0.684. The van der Waals surface area contributed by atoms with E-state index in [9.17, 15) is 4.79 Å². The number of nitrogens with zero attached hydrogens (tertiary/aromatic N) is 4. The molecule has 5 heteroatoms. The number of para-hydroxylation sites is 1. The van der Waals surface area contributed by atoms with E-state index in [2.05, 4.69) is 10.1 Å². The van der Waals surface area contributed by atoms with Crippen molar-refractivity contribution in [1.82, 2.24) is 19.3 Å². The molecule has 0 unspecified atom stereocenters. The van der Waals surface area contributed by atoms with E-state index in [4.69, 9.17) is 0 Å². The van der Waals surface area contributed by atoms with E-state index in [1.165, 1.54) is 0 Å². The van der Waals surface area contributed by atoms with E-state index >= 15 is 0 Å². The third-order valence-corrected chi connectivity index (χ3v) is 3.16. The Morgan fingerprint density at radius 1 is 1.15 bits per heavy atom. The molecule has 0 radical (unpaired) electrons. The van der Waals surface area contributed by atoms with Crippen molar-refractivity contribution < 1.29 is 4.79 Å². The van der Waals surface area contributed by atoms with Crippen LogP contribution in [0, 0.1) is 13.8 Å². The van der Waals surface area contributed by atoms with Gasteiger partial charge in [-0.25, -0.2) is 9.67 Å². The number of hydrogen-bond donors (Lipinski definition) is 0.